The van der Waals surface area contributed by atoms with Crippen LogP contribution in [-0.2, 0) is 0 Å². The molecule has 1 heterocycles. The van der Waals surface area contributed by atoms with Gasteiger partial charge in [-0.3, -0.25) is 0 Å². The largest absolute Gasteiger partial charge is 0.383 e. The van der Waals surface area contributed by atoms with E-state index in [1.165, 1.54) is 0 Å². The zero-order valence-corrected chi connectivity index (χ0v) is 10.6. The van der Waals surface area contributed by atoms with Crippen molar-refractivity contribution in [1.82, 2.24) is 9.97 Å². The quantitative estimate of drug-likeness (QED) is 0.632. The third-order valence-corrected chi connectivity index (χ3v) is 3.44. The molecular formula is C11H19N3S. The number of hydrogen-bond acceptors (Lipinski definition) is 4. The molecule has 0 aliphatic heterocycles. The van der Waals surface area contributed by atoms with E-state index in [1.807, 2.05) is 0 Å². The number of thioether (sulfide) groups is 1. The maximum Gasteiger partial charge on any atom is 0.131 e. The molecule has 84 valence electrons. The molecule has 4 heteroatoms. The normalized spacial score (nSPS) is 11.3. The second-order valence-electron chi connectivity index (χ2n) is 4.34. The molecule has 1 rings (SSSR count). The van der Waals surface area contributed by atoms with Crippen LogP contribution in [0.15, 0.2) is 11.4 Å². The van der Waals surface area contributed by atoms with Gasteiger partial charge in [0.05, 0.1) is 0 Å². The van der Waals surface area contributed by atoms with Crippen LogP contribution in [0.3, 0.4) is 0 Å². The van der Waals surface area contributed by atoms with Crippen molar-refractivity contribution in [2.45, 2.75) is 38.6 Å². The lowest BCUT2D eigenvalue weighted by atomic mass is 10.1. The van der Waals surface area contributed by atoms with Crippen LogP contribution >= 0.6 is 11.8 Å². The Hall–Kier alpha value is -0.770. The Morgan fingerprint density at radius 3 is 2.47 bits per heavy atom. The van der Waals surface area contributed by atoms with E-state index in [0.29, 0.717) is 17.7 Å². The predicted octanol–water partition coefficient (Wildman–Crippen LogP) is 2.93. The molecule has 0 spiro atoms. The molecule has 0 unspecified atom stereocenters. The van der Waals surface area contributed by atoms with E-state index in [2.05, 4.69) is 37.7 Å². The molecule has 0 aliphatic carbocycles. The highest BCUT2D eigenvalue weighted by molar-refractivity contribution is 7.99. The van der Waals surface area contributed by atoms with Crippen LogP contribution in [0.5, 0.6) is 0 Å². The number of rotatable bonds is 4. The van der Waals surface area contributed by atoms with Gasteiger partial charge in [-0.2, -0.15) is 0 Å². The van der Waals surface area contributed by atoms with Crippen molar-refractivity contribution >= 4 is 17.6 Å². The average molecular weight is 225 g/mol. The van der Waals surface area contributed by atoms with Gasteiger partial charge < -0.3 is 5.73 Å². The molecule has 1 aromatic rings. The van der Waals surface area contributed by atoms with E-state index < -0.39 is 0 Å². The van der Waals surface area contributed by atoms with Crippen molar-refractivity contribution in [1.29, 1.82) is 0 Å². The summed E-state index contributed by atoms with van der Waals surface area (Å²) in [5, 5.41) is 1.03. The number of hydrogen-bond donors (Lipinski definition) is 1. The fourth-order valence-electron chi connectivity index (χ4n) is 1.30. The molecule has 0 radical (unpaired) electrons. The second-order valence-corrected chi connectivity index (χ2v) is 5.35. The Balaban J connectivity index is 2.91. The highest BCUT2D eigenvalue weighted by Crippen LogP contribution is 2.30. The molecule has 0 atom stereocenters. The SMILES string of the molecule is CC(C)CSc1ncnc(N)c1C(C)C. The minimum absolute atomic E-state index is 0.376. The van der Waals surface area contributed by atoms with Gasteiger partial charge in [0.25, 0.3) is 0 Å². The highest BCUT2D eigenvalue weighted by Gasteiger charge is 2.13. The van der Waals surface area contributed by atoms with Crippen molar-refractivity contribution in [3.05, 3.63) is 11.9 Å². The molecule has 0 fully saturated rings. The maximum atomic E-state index is 5.86. The van der Waals surface area contributed by atoms with Crippen LogP contribution in [0.1, 0.15) is 39.2 Å². The zero-order valence-electron chi connectivity index (χ0n) is 9.82. The molecule has 0 bridgehead atoms. The molecule has 0 saturated heterocycles. The summed E-state index contributed by atoms with van der Waals surface area (Å²) < 4.78 is 0. The van der Waals surface area contributed by atoms with Crippen molar-refractivity contribution < 1.29 is 0 Å². The Kier molecular flexibility index (Phi) is 4.39. The average Bonchev–Trinajstić information content (AvgIpc) is 2.13. The summed E-state index contributed by atoms with van der Waals surface area (Å²) in [7, 11) is 0. The van der Waals surface area contributed by atoms with Crippen molar-refractivity contribution in [2.75, 3.05) is 11.5 Å². The van der Waals surface area contributed by atoms with Gasteiger partial charge in [-0.25, -0.2) is 9.97 Å². The number of nitrogens with two attached hydrogens (primary N) is 1. The maximum absolute atomic E-state index is 5.86. The number of nitrogen functional groups attached to an aromatic ring is 1. The summed E-state index contributed by atoms with van der Waals surface area (Å²) in [6, 6.07) is 0. The van der Waals surface area contributed by atoms with Crippen molar-refractivity contribution in [3.63, 3.8) is 0 Å². The number of aromatic nitrogens is 2. The predicted molar refractivity (Wildman–Crippen MR) is 66.1 cm³/mol. The van der Waals surface area contributed by atoms with Crippen LogP contribution < -0.4 is 5.73 Å². The van der Waals surface area contributed by atoms with E-state index >= 15 is 0 Å². The summed E-state index contributed by atoms with van der Waals surface area (Å²) in [5.74, 6) is 2.72. The van der Waals surface area contributed by atoms with E-state index in [1.54, 1.807) is 18.1 Å². The molecule has 1 aromatic heterocycles. The van der Waals surface area contributed by atoms with E-state index in [9.17, 15) is 0 Å². The molecule has 0 aromatic carbocycles. The van der Waals surface area contributed by atoms with Gasteiger partial charge in [-0.1, -0.05) is 27.7 Å². The topological polar surface area (TPSA) is 51.8 Å². The minimum Gasteiger partial charge on any atom is -0.383 e. The standard InChI is InChI=1S/C11H19N3S/c1-7(2)5-15-11-9(8(3)4)10(12)13-6-14-11/h6-8H,5H2,1-4H3,(H2,12,13,14). The zero-order chi connectivity index (χ0) is 11.4. The summed E-state index contributed by atoms with van der Waals surface area (Å²) >= 11 is 1.77. The summed E-state index contributed by atoms with van der Waals surface area (Å²) in [6.07, 6.45) is 1.55. The minimum atomic E-state index is 0.376. The number of anilines is 1. The lowest BCUT2D eigenvalue weighted by Crippen LogP contribution is -2.04. The first-order valence-electron chi connectivity index (χ1n) is 5.25. The Bertz CT molecular complexity index is 324. The van der Waals surface area contributed by atoms with Gasteiger partial charge in [0.15, 0.2) is 0 Å². The molecule has 15 heavy (non-hydrogen) atoms. The van der Waals surface area contributed by atoms with Crippen LogP contribution in [0, 0.1) is 5.92 Å². The third-order valence-electron chi connectivity index (χ3n) is 2.01. The summed E-state index contributed by atoms with van der Waals surface area (Å²) in [5.41, 5.74) is 6.95. The Labute approximate surface area is 95.9 Å². The van der Waals surface area contributed by atoms with Gasteiger partial charge in [-0.15, -0.1) is 11.8 Å². The first-order chi connectivity index (χ1) is 7.02. The van der Waals surface area contributed by atoms with Gasteiger partial charge >= 0.3 is 0 Å². The molecule has 0 amide bonds. The Morgan fingerprint density at radius 2 is 1.93 bits per heavy atom. The molecule has 2 N–H and O–H groups in total. The lowest BCUT2D eigenvalue weighted by molar-refractivity contribution is 0.746. The van der Waals surface area contributed by atoms with Crippen molar-refractivity contribution in [2.24, 2.45) is 5.92 Å². The smallest absolute Gasteiger partial charge is 0.131 e. The first kappa shape index (κ1) is 12.3. The van der Waals surface area contributed by atoms with E-state index in [0.717, 1.165) is 16.3 Å². The second kappa shape index (κ2) is 5.35. The van der Waals surface area contributed by atoms with Gasteiger partial charge in [-0.05, 0) is 11.8 Å². The third kappa shape index (κ3) is 3.38. The van der Waals surface area contributed by atoms with Gasteiger partial charge in [0, 0.05) is 11.3 Å². The van der Waals surface area contributed by atoms with Crippen LogP contribution in [0.4, 0.5) is 5.82 Å². The van der Waals surface area contributed by atoms with Crippen molar-refractivity contribution in [3.8, 4) is 0 Å². The Morgan fingerprint density at radius 1 is 1.27 bits per heavy atom. The van der Waals surface area contributed by atoms with Crippen LogP contribution in [0.25, 0.3) is 0 Å². The molecular weight excluding hydrogens is 206 g/mol. The summed E-state index contributed by atoms with van der Waals surface area (Å²) in [4.78, 5) is 8.35. The van der Waals surface area contributed by atoms with E-state index in [-0.39, 0.29) is 0 Å². The van der Waals surface area contributed by atoms with E-state index in [4.69, 9.17) is 5.73 Å². The highest BCUT2D eigenvalue weighted by atomic mass is 32.2. The van der Waals surface area contributed by atoms with Crippen LogP contribution in [-0.4, -0.2) is 15.7 Å². The number of nitrogens with zero attached hydrogens (tertiary/aromatic N) is 2. The first-order valence-corrected chi connectivity index (χ1v) is 6.24. The monoisotopic (exact) mass is 225 g/mol. The fraction of sp³-hybridized carbons (Fsp3) is 0.636. The molecule has 0 saturated carbocycles. The fourth-order valence-corrected chi connectivity index (χ4v) is 2.40. The molecule has 0 aliphatic rings. The van der Waals surface area contributed by atoms with Gasteiger partial charge in [0.1, 0.15) is 17.2 Å². The van der Waals surface area contributed by atoms with Crippen LogP contribution in [0.2, 0.25) is 0 Å². The lowest BCUT2D eigenvalue weighted by Gasteiger charge is -2.13. The van der Waals surface area contributed by atoms with Gasteiger partial charge in [0.2, 0.25) is 0 Å². The molecule has 3 nitrogen and oxygen atoms in total. The summed E-state index contributed by atoms with van der Waals surface area (Å²) in [6.45, 7) is 8.64.